The van der Waals surface area contributed by atoms with Crippen LogP contribution in [-0.2, 0) is 9.59 Å². The van der Waals surface area contributed by atoms with Crippen LogP contribution in [0.2, 0.25) is 0 Å². The molecule has 0 saturated heterocycles. The summed E-state index contributed by atoms with van der Waals surface area (Å²) in [4.78, 5) is 26.1. The van der Waals surface area contributed by atoms with E-state index in [0.717, 1.165) is 6.54 Å². The van der Waals surface area contributed by atoms with E-state index in [-0.39, 0.29) is 18.4 Å². The maximum absolute atomic E-state index is 12.0. The molecule has 0 bridgehead atoms. The largest absolute Gasteiger partial charge is 0.481 e. The first kappa shape index (κ1) is 15.9. The lowest BCUT2D eigenvalue weighted by Gasteiger charge is -2.31. The van der Waals surface area contributed by atoms with Crippen molar-refractivity contribution in [2.45, 2.75) is 32.4 Å². The van der Waals surface area contributed by atoms with E-state index in [1.807, 2.05) is 32.8 Å². The first-order valence-electron chi connectivity index (χ1n) is 5.72. The van der Waals surface area contributed by atoms with Crippen molar-refractivity contribution in [3.63, 3.8) is 0 Å². The Kier molecular flexibility index (Phi) is 6.75. The Morgan fingerprint density at radius 1 is 1.35 bits per heavy atom. The fraction of sp³-hybridized carbons (Fsp3) is 0.818. The number of amides is 1. The van der Waals surface area contributed by atoms with Gasteiger partial charge >= 0.3 is 5.97 Å². The summed E-state index contributed by atoms with van der Waals surface area (Å²) in [5.74, 6) is -1.36. The highest BCUT2D eigenvalue weighted by molar-refractivity contribution is 5.86. The van der Waals surface area contributed by atoms with Gasteiger partial charge in [-0.3, -0.25) is 9.59 Å². The van der Waals surface area contributed by atoms with E-state index in [2.05, 4.69) is 0 Å². The van der Waals surface area contributed by atoms with Gasteiger partial charge in [-0.05, 0) is 27.9 Å². The number of aliphatic carboxylic acids is 1. The van der Waals surface area contributed by atoms with Gasteiger partial charge in [0.05, 0.1) is 12.5 Å². The molecule has 3 N–H and O–H groups in total. The maximum Gasteiger partial charge on any atom is 0.305 e. The third-order valence-corrected chi connectivity index (χ3v) is 2.50. The monoisotopic (exact) mass is 245 g/mol. The van der Waals surface area contributed by atoms with E-state index in [0.29, 0.717) is 6.54 Å². The predicted octanol–water partition coefficient (Wildman–Crippen LogP) is -0.413. The fourth-order valence-electron chi connectivity index (χ4n) is 1.80. The Labute approximate surface area is 102 Å². The zero-order chi connectivity index (χ0) is 13.6. The summed E-state index contributed by atoms with van der Waals surface area (Å²) in [7, 11) is 3.85. The van der Waals surface area contributed by atoms with Crippen LogP contribution in [-0.4, -0.2) is 66.1 Å². The molecule has 0 aliphatic rings. The molecular formula is C11H23N3O3. The lowest BCUT2D eigenvalue weighted by molar-refractivity contribution is -0.142. The van der Waals surface area contributed by atoms with Crippen LogP contribution in [0, 0.1) is 0 Å². The molecule has 100 valence electrons. The molecule has 2 atom stereocenters. The Hall–Kier alpha value is -1.14. The first-order valence-corrected chi connectivity index (χ1v) is 5.72. The molecule has 0 saturated carbocycles. The summed E-state index contributed by atoms with van der Waals surface area (Å²) < 4.78 is 0. The van der Waals surface area contributed by atoms with Gasteiger partial charge in [0, 0.05) is 19.1 Å². The third-order valence-electron chi connectivity index (χ3n) is 2.50. The van der Waals surface area contributed by atoms with E-state index >= 15 is 0 Å². The number of carboxylic acid groups (broad SMARTS) is 1. The van der Waals surface area contributed by atoms with Crippen LogP contribution in [0.5, 0.6) is 0 Å². The highest BCUT2D eigenvalue weighted by atomic mass is 16.4. The number of carbonyl (C=O) groups excluding carboxylic acids is 1. The van der Waals surface area contributed by atoms with E-state index < -0.39 is 12.0 Å². The zero-order valence-corrected chi connectivity index (χ0v) is 11.0. The standard InChI is InChI=1S/C11H23N3O3/c1-5-14(8(2)7-13(3)4)11(17)9(12)6-10(15)16/h8-9H,5-7,12H2,1-4H3,(H,15,16). The van der Waals surface area contributed by atoms with Gasteiger partial charge in [0.15, 0.2) is 0 Å². The molecule has 0 aromatic heterocycles. The van der Waals surface area contributed by atoms with Crippen LogP contribution >= 0.6 is 0 Å². The van der Waals surface area contributed by atoms with Crippen LogP contribution in [0.1, 0.15) is 20.3 Å². The summed E-state index contributed by atoms with van der Waals surface area (Å²) >= 11 is 0. The Bertz CT molecular complexity index is 269. The minimum atomic E-state index is -1.05. The Morgan fingerprint density at radius 3 is 2.24 bits per heavy atom. The number of likely N-dealkylation sites (N-methyl/N-ethyl adjacent to an activating group) is 2. The molecule has 17 heavy (non-hydrogen) atoms. The van der Waals surface area contributed by atoms with Gasteiger partial charge in [0.2, 0.25) is 5.91 Å². The number of carbonyl (C=O) groups is 2. The van der Waals surface area contributed by atoms with E-state index in [9.17, 15) is 9.59 Å². The van der Waals surface area contributed by atoms with E-state index in [1.165, 1.54) is 0 Å². The van der Waals surface area contributed by atoms with Crippen molar-refractivity contribution in [1.29, 1.82) is 0 Å². The van der Waals surface area contributed by atoms with Gasteiger partial charge < -0.3 is 20.6 Å². The fourth-order valence-corrected chi connectivity index (χ4v) is 1.80. The number of rotatable bonds is 7. The first-order chi connectivity index (χ1) is 7.79. The van der Waals surface area contributed by atoms with Gasteiger partial charge in [0.25, 0.3) is 0 Å². The average Bonchev–Trinajstić information content (AvgIpc) is 2.16. The van der Waals surface area contributed by atoms with Crippen LogP contribution in [0.4, 0.5) is 0 Å². The smallest absolute Gasteiger partial charge is 0.305 e. The van der Waals surface area contributed by atoms with Gasteiger partial charge in [-0.25, -0.2) is 0 Å². The summed E-state index contributed by atoms with van der Waals surface area (Å²) in [5.41, 5.74) is 5.58. The second-order valence-corrected chi connectivity index (χ2v) is 4.44. The molecule has 2 unspecified atom stereocenters. The van der Waals surface area contributed by atoms with E-state index in [1.54, 1.807) is 4.90 Å². The minimum absolute atomic E-state index is 0.0161. The molecule has 0 radical (unpaired) electrons. The highest BCUT2D eigenvalue weighted by Gasteiger charge is 2.25. The summed E-state index contributed by atoms with van der Waals surface area (Å²) in [6.07, 6.45) is -0.329. The molecular weight excluding hydrogens is 222 g/mol. The van der Waals surface area contributed by atoms with Crippen LogP contribution < -0.4 is 5.73 Å². The van der Waals surface area contributed by atoms with Crippen molar-refractivity contribution in [3.8, 4) is 0 Å². The average molecular weight is 245 g/mol. The van der Waals surface area contributed by atoms with Crippen molar-refractivity contribution in [2.75, 3.05) is 27.2 Å². The summed E-state index contributed by atoms with van der Waals surface area (Å²) in [6, 6.07) is -0.945. The predicted molar refractivity (Wildman–Crippen MR) is 65.6 cm³/mol. The molecule has 6 heteroatoms. The maximum atomic E-state index is 12.0. The van der Waals surface area contributed by atoms with Gasteiger partial charge in [-0.1, -0.05) is 0 Å². The SMILES string of the molecule is CCN(C(=O)C(N)CC(=O)O)C(C)CN(C)C. The second-order valence-electron chi connectivity index (χ2n) is 4.44. The molecule has 0 aliphatic carbocycles. The normalized spacial score (nSPS) is 14.5. The van der Waals surface area contributed by atoms with Crippen molar-refractivity contribution in [1.82, 2.24) is 9.80 Å². The van der Waals surface area contributed by atoms with Crippen molar-refractivity contribution < 1.29 is 14.7 Å². The molecule has 0 aromatic rings. The Morgan fingerprint density at radius 2 is 1.88 bits per heavy atom. The van der Waals surface area contributed by atoms with Crippen LogP contribution in [0.3, 0.4) is 0 Å². The molecule has 0 heterocycles. The van der Waals surface area contributed by atoms with Gasteiger partial charge in [-0.15, -0.1) is 0 Å². The summed E-state index contributed by atoms with van der Waals surface area (Å²) in [6.45, 7) is 5.03. The molecule has 0 aliphatic heterocycles. The van der Waals surface area contributed by atoms with Gasteiger partial charge in [0.1, 0.15) is 0 Å². The van der Waals surface area contributed by atoms with Crippen LogP contribution in [0.25, 0.3) is 0 Å². The summed E-state index contributed by atoms with van der Waals surface area (Å²) in [5, 5.41) is 8.61. The third kappa shape index (κ3) is 5.65. The van der Waals surface area contributed by atoms with Crippen molar-refractivity contribution in [2.24, 2.45) is 5.73 Å². The van der Waals surface area contributed by atoms with E-state index in [4.69, 9.17) is 10.8 Å². The van der Waals surface area contributed by atoms with Gasteiger partial charge in [-0.2, -0.15) is 0 Å². The zero-order valence-electron chi connectivity index (χ0n) is 11.0. The lowest BCUT2D eigenvalue weighted by Crippen LogP contribution is -2.50. The number of hydrogen-bond acceptors (Lipinski definition) is 4. The Balaban J connectivity index is 4.53. The van der Waals surface area contributed by atoms with Crippen molar-refractivity contribution >= 4 is 11.9 Å². The molecule has 6 nitrogen and oxygen atoms in total. The minimum Gasteiger partial charge on any atom is -0.481 e. The number of nitrogens with zero attached hydrogens (tertiary/aromatic N) is 2. The molecule has 0 rings (SSSR count). The quantitative estimate of drug-likeness (QED) is 0.636. The molecule has 0 fully saturated rings. The number of hydrogen-bond donors (Lipinski definition) is 2. The molecule has 1 amide bonds. The van der Waals surface area contributed by atoms with Crippen molar-refractivity contribution in [3.05, 3.63) is 0 Å². The molecule has 0 aromatic carbocycles. The number of nitrogens with two attached hydrogens (primary N) is 1. The lowest BCUT2D eigenvalue weighted by atomic mass is 10.1. The number of carboxylic acids is 1. The topological polar surface area (TPSA) is 86.9 Å². The second kappa shape index (κ2) is 7.24. The molecule has 0 spiro atoms. The highest BCUT2D eigenvalue weighted by Crippen LogP contribution is 2.04. The van der Waals surface area contributed by atoms with Crippen LogP contribution in [0.15, 0.2) is 0 Å².